The fourth-order valence-electron chi connectivity index (χ4n) is 1.83. The summed E-state index contributed by atoms with van der Waals surface area (Å²) in [7, 11) is 0. The summed E-state index contributed by atoms with van der Waals surface area (Å²) < 4.78 is 38.1. The van der Waals surface area contributed by atoms with Crippen LogP contribution in [0.5, 0.6) is 11.5 Å². The van der Waals surface area contributed by atoms with Crippen molar-refractivity contribution in [2.75, 3.05) is 5.32 Å². The molecule has 3 rings (SSSR count). The molecule has 0 fully saturated rings. The van der Waals surface area contributed by atoms with Crippen molar-refractivity contribution in [1.29, 1.82) is 0 Å². The van der Waals surface area contributed by atoms with E-state index >= 15 is 0 Å². The lowest BCUT2D eigenvalue weighted by Gasteiger charge is -2.05. The van der Waals surface area contributed by atoms with Gasteiger partial charge in [0.15, 0.2) is 11.5 Å². The number of amides is 1. The van der Waals surface area contributed by atoms with Gasteiger partial charge < -0.3 is 14.8 Å². The number of hydrogen-bond acceptors (Lipinski definition) is 6. The van der Waals surface area contributed by atoms with Gasteiger partial charge in [0.05, 0.1) is 5.69 Å². The molecule has 0 spiro atoms. The van der Waals surface area contributed by atoms with Crippen LogP contribution in [-0.2, 0) is 6.42 Å². The van der Waals surface area contributed by atoms with Crippen molar-refractivity contribution < 1.29 is 23.0 Å². The molecule has 0 aliphatic carbocycles. The van der Waals surface area contributed by atoms with E-state index in [1.807, 2.05) is 6.92 Å². The summed E-state index contributed by atoms with van der Waals surface area (Å²) in [5, 5.41) is 6.43. The zero-order valence-electron chi connectivity index (χ0n) is 10.7. The third kappa shape index (κ3) is 2.64. The molecule has 0 saturated heterocycles. The Hall–Kier alpha value is -2.29. The quantitative estimate of drug-likeness (QED) is 0.943. The highest BCUT2D eigenvalue weighted by molar-refractivity contribution is 7.08. The Morgan fingerprint density at radius 1 is 1.38 bits per heavy atom. The molecule has 0 saturated carbocycles. The number of nitrogens with zero attached hydrogens (tertiary/aromatic N) is 2. The predicted molar refractivity (Wildman–Crippen MR) is 69.9 cm³/mol. The number of ether oxygens (including phenoxy) is 2. The molecule has 1 amide bonds. The molecule has 2 aromatic rings. The molecule has 9 heteroatoms. The van der Waals surface area contributed by atoms with Crippen molar-refractivity contribution in [3.05, 3.63) is 28.8 Å². The van der Waals surface area contributed by atoms with Gasteiger partial charge in [-0.3, -0.25) is 4.79 Å². The van der Waals surface area contributed by atoms with Crippen LogP contribution in [0.2, 0.25) is 0 Å². The molecule has 0 atom stereocenters. The van der Waals surface area contributed by atoms with E-state index in [1.165, 1.54) is 18.2 Å². The highest BCUT2D eigenvalue weighted by Crippen LogP contribution is 2.42. The van der Waals surface area contributed by atoms with Crippen LogP contribution in [-0.4, -0.2) is 21.8 Å². The molecule has 1 aromatic carbocycles. The number of alkyl halides is 2. The molecule has 0 unspecified atom stereocenters. The smallest absolute Gasteiger partial charge is 0.395 e. The maximum Gasteiger partial charge on any atom is 0.586 e. The van der Waals surface area contributed by atoms with Gasteiger partial charge in [-0.25, -0.2) is 0 Å². The Kier molecular flexibility index (Phi) is 3.20. The van der Waals surface area contributed by atoms with Gasteiger partial charge in [0, 0.05) is 11.8 Å². The molecule has 1 aliphatic rings. The van der Waals surface area contributed by atoms with Crippen molar-refractivity contribution in [1.82, 2.24) is 9.59 Å². The van der Waals surface area contributed by atoms with Crippen molar-refractivity contribution >= 4 is 23.1 Å². The Balaban J connectivity index is 1.79. The van der Waals surface area contributed by atoms with E-state index in [-0.39, 0.29) is 11.5 Å². The lowest BCUT2D eigenvalue weighted by Crippen LogP contribution is -2.25. The molecule has 1 N–H and O–H groups in total. The molecule has 6 nitrogen and oxygen atoms in total. The van der Waals surface area contributed by atoms with Gasteiger partial charge in [-0.2, -0.15) is 0 Å². The van der Waals surface area contributed by atoms with Crippen molar-refractivity contribution in [3.8, 4) is 11.5 Å². The van der Waals surface area contributed by atoms with Gasteiger partial charge in [-0.15, -0.1) is 13.9 Å². The van der Waals surface area contributed by atoms with E-state index in [2.05, 4.69) is 24.4 Å². The first kappa shape index (κ1) is 13.7. The fraction of sp³-hybridized carbons (Fsp3) is 0.250. The number of nitrogens with one attached hydrogen (secondary N) is 1. The van der Waals surface area contributed by atoms with Crippen LogP contribution < -0.4 is 14.8 Å². The molecule has 1 aromatic heterocycles. The number of anilines is 1. The normalized spacial score (nSPS) is 15.0. The molecule has 21 heavy (non-hydrogen) atoms. The van der Waals surface area contributed by atoms with Crippen LogP contribution in [0.25, 0.3) is 0 Å². The zero-order valence-corrected chi connectivity index (χ0v) is 11.5. The van der Waals surface area contributed by atoms with Gasteiger partial charge in [0.1, 0.15) is 4.88 Å². The van der Waals surface area contributed by atoms with Crippen molar-refractivity contribution in [3.63, 3.8) is 0 Å². The average molecular weight is 313 g/mol. The average Bonchev–Trinajstić information content (AvgIpc) is 3.00. The van der Waals surface area contributed by atoms with Gasteiger partial charge >= 0.3 is 6.29 Å². The highest BCUT2D eigenvalue weighted by Gasteiger charge is 2.43. The Morgan fingerprint density at radius 2 is 2.14 bits per heavy atom. The molecular weight excluding hydrogens is 304 g/mol. The minimum Gasteiger partial charge on any atom is -0.395 e. The largest absolute Gasteiger partial charge is 0.586 e. The topological polar surface area (TPSA) is 73.3 Å². The lowest BCUT2D eigenvalue weighted by atomic mass is 10.2. The zero-order chi connectivity index (χ0) is 15.0. The maximum absolute atomic E-state index is 12.9. The molecule has 0 bridgehead atoms. The van der Waals surface area contributed by atoms with Gasteiger partial charge in [0.2, 0.25) is 0 Å². The summed E-state index contributed by atoms with van der Waals surface area (Å²) in [6, 6.07) is 4.02. The minimum atomic E-state index is -3.68. The Bertz CT molecular complexity index is 705. The third-order valence-electron chi connectivity index (χ3n) is 2.76. The second kappa shape index (κ2) is 4.92. The van der Waals surface area contributed by atoms with Gasteiger partial charge in [0.25, 0.3) is 5.91 Å². The molecular formula is C12H9F2N3O3S. The number of fused-ring (bicyclic) bond motifs is 1. The first-order chi connectivity index (χ1) is 9.98. The number of hydrogen-bond donors (Lipinski definition) is 1. The summed E-state index contributed by atoms with van der Waals surface area (Å²) in [5.41, 5.74) is 0.903. The summed E-state index contributed by atoms with van der Waals surface area (Å²) in [6.45, 7) is 1.86. The van der Waals surface area contributed by atoms with E-state index in [0.29, 0.717) is 22.7 Å². The summed E-state index contributed by atoms with van der Waals surface area (Å²) >= 11 is 0.978. The van der Waals surface area contributed by atoms with Gasteiger partial charge in [-0.1, -0.05) is 11.4 Å². The van der Waals surface area contributed by atoms with E-state index in [1.54, 1.807) is 0 Å². The SMILES string of the molecule is CCc1nnsc1C(=O)Nc1ccc2c(c1)OC(F)(F)O2. The van der Waals surface area contributed by atoms with Crippen molar-refractivity contribution in [2.45, 2.75) is 19.6 Å². The molecule has 0 radical (unpaired) electrons. The van der Waals surface area contributed by atoms with E-state index < -0.39 is 12.2 Å². The number of benzene rings is 1. The predicted octanol–water partition coefficient (Wildman–Crippen LogP) is 2.67. The van der Waals surface area contributed by atoms with Crippen LogP contribution in [0.3, 0.4) is 0 Å². The standard InChI is InChI=1S/C12H9F2N3O3S/c1-2-7-10(21-17-16-7)11(18)15-6-3-4-8-9(5-6)20-12(13,14)19-8/h3-5H,2H2,1H3,(H,15,18). The molecule has 1 aliphatic heterocycles. The number of halogens is 2. The fourth-order valence-corrected chi connectivity index (χ4v) is 2.47. The Labute approximate surface area is 121 Å². The van der Waals surface area contributed by atoms with E-state index in [0.717, 1.165) is 11.5 Å². The van der Waals surface area contributed by atoms with Crippen LogP contribution in [0.1, 0.15) is 22.3 Å². The molecule has 110 valence electrons. The van der Waals surface area contributed by atoms with Crippen molar-refractivity contribution in [2.24, 2.45) is 0 Å². The monoisotopic (exact) mass is 313 g/mol. The van der Waals surface area contributed by atoms with Crippen LogP contribution in [0.4, 0.5) is 14.5 Å². The first-order valence-corrected chi connectivity index (χ1v) is 6.78. The summed E-state index contributed by atoms with van der Waals surface area (Å²) in [5.74, 6) is -0.602. The number of rotatable bonds is 3. The maximum atomic E-state index is 12.9. The number of aromatic nitrogens is 2. The summed E-state index contributed by atoms with van der Waals surface area (Å²) in [4.78, 5) is 12.5. The first-order valence-electron chi connectivity index (χ1n) is 6.01. The number of carbonyl (C=O) groups excluding carboxylic acids is 1. The second-order valence-corrected chi connectivity index (χ2v) is 4.94. The third-order valence-corrected chi connectivity index (χ3v) is 3.52. The summed E-state index contributed by atoms with van der Waals surface area (Å²) in [6.07, 6.45) is -3.10. The van der Waals surface area contributed by atoms with Crippen LogP contribution >= 0.6 is 11.5 Å². The Morgan fingerprint density at radius 3 is 2.90 bits per heavy atom. The van der Waals surface area contributed by atoms with Gasteiger partial charge in [-0.05, 0) is 30.1 Å². The van der Waals surface area contributed by atoms with E-state index in [9.17, 15) is 13.6 Å². The number of aryl methyl sites for hydroxylation is 1. The minimum absolute atomic E-state index is 0.0771. The highest BCUT2D eigenvalue weighted by atomic mass is 32.1. The lowest BCUT2D eigenvalue weighted by molar-refractivity contribution is -0.286. The molecule has 2 heterocycles. The second-order valence-electron chi connectivity index (χ2n) is 4.19. The van der Waals surface area contributed by atoms with Crippen LogP contribution in [0.15, 0.2) is 18.2 Å². The van der Waals surface area contributed by atoms with Crippen LogP contribution in [0, 0.1) is 0 Å². The van der Waals surface area contributed by atoms with E-state index in [4.69, 9.17) is 0 Å². The number of carbonyl (C=O) groups is 1.